The Bertz CT molecular complexity index is 937. The number of imide groups is 1. The molecule has 2 N–H and O–H groups in total. The summed E-state index contributed by atoms with van der Waals surface area (Å²) in [4.78, 5) is 45.4. The summed E-state index contributed by atoms with van der Waals surface area (Å²) in [6, 6.07) is 7.47. The molecule has 156 valence electrons. The van der Waals surface area contributed by atoms with E-state index in [-0.39, 0.29) is 25.0 Å². The van der Waals surface area contributed by atoms with Crippen molar-refractivity contribution in [3.63, 3.8) is 0 Å². The molecule has 0 radical (unpaired) electrons. The van der Waals surface area contributed by atoms with Crippen LogP contribution in [-0.4, -0.2) is 57.8 Å². The first-order valence-electron chi connectivity index (χ1n) is 9.82. The maximum Gasteiger partial charge on any atom is 0.327 e. The van der Waals surface area contributed by atoms with Crippen molar-refractivity contribution in [3.8, 4) is 0 Å². The summed E-state index contributed by atoms with van der Waals surface area (Å²) in [6.45, 7) is 0.597. The first-order valence-corrected chi connectivity index (χ1v) is 9.82. The van der Waals surface area contributed by atoms with Gasteiger partial charge in [0.05, 0.1) is 12.6 Å². The highest BCUT2D eigenvalue weighted by molar-refractivity contribution is 6.02. The second kappa shape index (κ2) is 8.58. The predicted molar refractivity (Wildman–Crippen MR) is 107 cm³/mol. The third-order valence-corrected chi connectivity index (χ3v) is 5.37. The van der Waals surface area contributed by atoms with Crippen molar-refractivity contribution in [3.05, 3.63) is 60.2 Å². The molecule has 0 spiro atoms. The highest BCUT2D eigenvalue weighted by Crippen LogP contribution is 2.26. The second-order valence-electron chi connectivity index (χ2n) is 7.39. The number of aromatic nitrogens is 1. The number of hydrogen-bond acceptors (Lipinski definition) is 5. The first-order chi connectivity index (χ1) is 14.5. The molecule has 1 aromatic heterocycles. The maximum atomic E-state index is 13.2. The minimum Gasteiger partial charge on any atom is -0.325 e. The summed E-state index contributed by atoms with van der Waals surface area (Å²) in [5.74, 6) is -1.09. The van der Waals surface area contributed by atoms with Gasteiger partial charge in [0.2, 0.25) is 11.8 Å². The molecule has 3 heterocycles. The van der Waals surface area contributed by atoms with Crippen molar-refractivity contribution < 1.29 is 18.8 Å². The minimum atomic E-state index is -0.545. The lowest BCUT2D eigenvalue weighted by atomic mass is 9.93. The number of carbonyl (C=O) groups is 3. The van der Waals surface area contributed by atoms with Crippen molar-refractivity contribution in [1.82, 2.24) is 20.1 Å². The number of nitrogens with zero attached hydrogens (tertiary/aromatic N) is 3. The molecule has 4 rings (SSSR count). The Hall–Kier alpha value is -3.33. The van der Waals surface area contributed by atoms with Crippen LogP contribution in [0.1, 0.15) is 18.4 Å². The van der Waals surface area contributed by atoms with E-state index in [2.05, 4.69) is 15.6 Å². The molecule has 2 unspecified atom stereocenters. The van der Waals surface area contributed by atoms with E-state index < -0.39 is 23.8 Å². The van der Waals surface area contributed by atoms with Gasteiger partial charge in [-0.15, -0.1) is 0 Å². The van der Waals surface area contributed by atoms with Crippen LogP contribution in [0.2, 0.25) is 0 Å². The highest BCUT2D eigenvalue weighted by atomic mass is 19.1. The third kappa shape index (κ3) is 4.16. The molecule has 1 aromatic carbocycles. The van der Waals surface area contributed by atoms with Crippen LogP contribution in [0.3, 0.4) is 0 Å². The number of halogens is 1. The molecule has 0 bridgehead atoms. The van der Waals surface area contributed by atoms with Crippen molar-refractivity contribution in [2.75, 3.05) is 18.4 Å². The van der Waals surface area contributed by atoms with Gasteiger partial charge in [0.1, 0.15) is 18.4 Å². The van der Waals surface area contributed by atoms with Crippen molar-refractivity contribution >= 4 is 23.5 Å². The van der Waals surface area contributed by atoms with Gasteiger partial charge >= 0.3 is 6.03 Å². The molecule has 2 aliphatic rings. The van der Waals surface area contributed by atoms with E-state index in [0.717, 1.165) is 12.0 Å². The fourth-order valence-corrected chi connectivity index (χ4v) is 3.91. The Balaban J connectivity index is 1.53. The average Bonchev–Trinajstić information content (AvgIpc) is 2.76. The number of carbonyl (C=O) groups excluding carboxylic acids is 3. The molecule has 8 nitrogen and oxygen atoms in total. The van der Waals surface area contributed by atoms with Crippen LogP contribution in [-0.2, 0) is 16.1 Å². The van der Waals surface area contributed by atoms with Crippen LogP contribution < -0.4 is 10.6 Å². The normalized spacial score (nSPS) is 21.4. The topological polar surface area (TPSA) is 94.6 Å². The molecule has 0 saturated carbocycles. The standard InChI is InChI=1S/C21H22FN5O3/c22-15-3-5-16(6-4-15)25-18(28)13-26-17-2-1-9-24-19(17)20(29)27(21(26)30)12-14-7-10-23-11-8-14/h3-8,10-11,17,19,24H,1-2,9,12-13H2,(H,25,28). The summed E-state index contributed by atoms with van der Waals surface area (Å²) < 4.78 is 13.1. The number of pyridine rings is 1. The molecule has 30 heavy (non-hydrogen) atoms. The lowest BCUT2D eigenvalue weighted by Gasteiger charge is -2.46. The smallest absolute Gasteiger partial charge is 0.325 e. The van der Waals surface area contributed by atoms with Crippen LogP contribution in [0, 0.1) is 5.82 Å². The van der Waals surface area contributed by atoms with Crippen LogP contribution in [0.25, 0.3) is 0 Å². The van der Waals surface area contributed by atoms with Gasteiger partial charge in [-0.05, 0) is 61.3 Å². The number of piperidine rings is 1. The molecule has 4 amide bonds. The maximum absolute atomic E-state index is 13.2. The largest absolute Gasteiger partial charge is 0.327 e. The van der Waals surface area contributed by atoms with Crippen molar-refractivity contribution in [2.24, 2.45) is 0 Å². The molecule has 2 saturated heterocycles. The SMILES string of the molecule is O=C(CN1C(=O)N(Cc2ccncc2)C(=O)C2NCCCC21)Nc1ccc(F)cc1. The Morgan fingerprint density at radius 3 is 2.63 bits per heavy atom. The zero-order chi connectivity index (χ0) is 21.1. The van der Waals surface area contributed by atoms with Crippen LogP contribution in [0.4, 0.5) is 14.9 Å². The Morgan fingerprint density at radius 2 is 1.90 bits per heavy atom. The number of anilines is 1. The van der Waals surface area contributed by atoms with E-state index in [4.69, 9.17) is 0 Å². The fraction of sp³-hybridized carbons (Fsp3) is 0.333. The molecule has 2 fully saturated rings. The third-order valence-electron chi connectivity index (χ3n) is 5.37. The Labute approximate surface area is 173 Å². The zero-order valence-electron chi connectivity index (χ0n) is 16.3. The lowest BCUT2D eigenvalue weighted by Crippen LogP contribution is -2.70. The average molecular weight is 411 g/mol. The van der Waals surface area contributed by atoms with Crippen LogP contribution in [0.5, 0.6) is 0 Å². The van der Waals surface area contributed by atoms with E-state index >= 15 is 0 Å². The van der Waals surface area contributed by atoms with Gasteiger partial charge in [0.15, 0.2) is 0 Å². The summed E-state index contributed by atoms with van der Waals surface area (Å²) in [5.41, 5.74) is 1.21. The summed E-state index contributed by atoms with van der Waals surface area (Å²) in [5, 5.41) is 5.87. The lowest BCUT2D eigenvalue weighted by molar-refractivity contribution is -0.138. The molecule has 2 aromatic rings. The molecule has 2 atom stereocenters. The van der Waals surface area contributed by atoms with Gasteiger partial charge in [0.25, 0.3) is 0 Å². The number of urea groups is 1. The van der Waals surface area contributed by atoms with E-state index in [9.17, 15) is 18.8 Å². The predicted octanol–water partition coefficient (Wildman–Crippen LogP) is 1.74. The van der Waals surface area contributed by atoms with E-state index in [0.29, 0.717) is 18.7 Å². The number of benzene rings is 1. The molecular formula is C21H22FN5O3. The van der Waals surface area contributed by atoms with E-state index in [1.165, 1.54) is 34.1 Å². The number of amides is 4. The molecule has 2 aliphatic heterocycles. The zero-order valence-corrected chi connectivity index (χ0v) is 16.3. The van der Waals surface area contributed by atoms with Gasteiger partial charge in [-0.1, -0.05) is 0 Å². The second-order valence-corrected chi connectivity index (χ2v) is 7.39. The van der Waals surface area contributed by atoms with Crippen LogP contribution in [0.15, 0.2) is 48.8 Å². The van der Waals surface area contributed by atoms with Crippen LogP contribution >= 0.6 is 0 Å². The molecule has 0 aliphatic carbocycles. The summed E-state index contributed by atoms with van der Waals surface area (Å²) in [6.07, 6.45) is 4.65. The van der Waals surface area contributed by atoms with Gasteiger partial charge in [-0.25, -0.2) is 9.18 Å². The summed E-state index contributed by atoms with van der Waals surface area (Å²) >= 11 is 0. The quantitative estimate of drug-likeness (QED) is 0.782. The van der Waals surface area contributed by atoms with Crippen molar-refractivity contribution in [1.29, 1.82) is 0 Å². The highest BCUT2D eigenvalue weighted by Gasteiger charge is 2.47. The number of fused-ring (bicyclic) bond motifs is 1. The number of rotatable bonds is 5. The number of hydrogen-bond donors (Lipinski definition) is 2. The van der Waals surface area contributed by atoms with Gasteiger partial charge < -0.3 is 15.5 Å². The van der Waals surface area contributed by atoms with Gasteiger partial charge in [-0.3, -0.25) is 19.5 Å². The minimum absolute atomic E-state index is 0.112. The Morgan fingerprint density at radius 1 is 1.17 bits per heavy atom. The molecule has 9 heteroatoms. The molecular weight excluding hydrogens is 389 g/mol. The monoisotopic (exact) mass is 411 g/mol. The first kappa shape index (κ1) is 20.0. The Kier molecular flexibility index (Phi) is 5.71. The number of nitrogens with one attached hydrogen (secondary N) is 2. The fourth-order valence-electron chi connectivity index (χ4n) is 3.91. The summed E-state index contributed by atoms with van der Waals surface area (Å²) in [7, 11) is 0. The van der Waals surface area contributed by atoms with Gasteiger partial charge in [0, 0.05) is 18.1 Å². The van der Waals surface area contributed by atoms with Crippen molar-refractivity contribution in [2.45, 2.75) is 31.5 Å². The van der Waals surface area contributed by atoms with E-state index in [1.54, 1.807) is 24.5 Å². The van der Waals surface area contributed by atoms with E-state index in [1.807, 2.05) is 0 Å². The van der Waals surface area contributed by atoms with Gasteiger partial charge in [-0.2, -0.15) is 0 Å².